The molecule has 0 aliphatic rings. The highest BCUT2D eigenvalue weighted by atomic mass is 16.5. The number of hydrogen-bond donors (Lipinski definition) is 2. The summed E-state index contributed by atoms with van der Waals surface area (Å²) in [4.78, 5) is 11.2. The van der Waals surface area contributed by atoms with Crippen molar-refractivity contribution in [3.8, 4) is 0 Å². The van der Waals surface area contributed by atoms with E-state index in [4.69, 9.17) is 10.5 Å². The average molecular weight is 188 g/mol. The average Bonchev–Trinajstić information content (AvgIpc) is 2.14. The van der Waals surface area contributed by atoms with Crippen molar-refractivity contribution in [1.29, 1.82) is 0 Å². The molecule has 0 saturated carbocycles. The molecule has 78 valence electrons. The predicted octanol–water partition coefficient (Wildman–Crippen LogP) is 0.267. The Morgan fingerprint density at radius 1 is 1.54 bits per heavy atom. The molecule has 1 atom stereocenters. The van der Waals surface area contributed by atoms with E-state index >= 15 is 0 Å². The van der Waals surface area contributed by atoms with Crippen LogP contribution in [0.2, 0.25) is 0 Å². The number of carbonyl (C=O) groups is 1. The van der Waals surface area contributed by atoms with Gasteiger partial charge in [0.25, 0.3) is 0 Å². The highest BCUT2D eigenvalue weighted by Crippen LogP contribution is 1.88. The first-order chi connectivity index (χ1) is 6.24. The highest BCUT2D eigenvalue weighted by Gasteiger charge is 2.07. The minimum absolute atomic E-state index is 0.0780. The molecule has 0 bridgehead atoms. The molecule has 0 aromatic carbocycles. The number of amides is 1. The molecule has 0 rings (SSSR count). The van der Waals surface area contributed by atoms with Gasteiger partial charge in [0.05, 0.1) is 0 Å². The third-order valence-corrected chi connectivity index (χ3v) is 1.72. The number of ether oxygens (including phenoxy) is 1. The summed E-state index contributed by atoms with van der Waals surface area (Å²) in [5, 5.41) is 2.79. The molecule has 0 radical (unpaired) electrons. The zero-order valence-corrected chi connectivity index (χ0v) is 8.51. The summed E-state index contributed by atoms with van der Waals surface area (Å²) in [5.74, 6) is -0.0780. The molecular weight excluding hydrogens is 168 g/mol. The van der Waals surface area contributed by atoms with E-state index in [1.54, 1.807) is 0 Å². The largest absolute Gasteiger partial charge is 0.372 e. The molecule has 0 spiro atoms. The fourth-order valence-corrected chi connectivity index (χ4v) is 0.906. The number of carbonyl (C=O) groups excluding carboxylic acids is 1. The van der Waals surface area contributed by atoms with Gasteiger partial charge < -0.3 is 15.8 Å². The Morgan fingerprint density at radius 2 is 2.23 bits per heavy atom. The van der Waals surface area contributed by atoms with E-state index in [9.17, 15) is 4.79 Å². The summed E-state index contributed by atoms with van der Waals surface area (Å²) in [6.45, 7) is 5.25. The molecule has 13 heavy (non-hydrogen) atoms. The van der Waals surface area contributed by atoms with Gasteiger partial charge in [0.15, 0.2) is 0 Å². The number of nitrogens with two attached hydrogens (primary N) is 1. The van der Waals surface area contributed by atoms with Crippen molar-refractivity contribution < 1.29 is 9.53 Å². The van der Waals surface area contributed by atoms with Crippen LogP contribution in [0.5, 0.6) is 0 Å². The van der Waals surface area contributed by atoms with Crippen molar-refractivity contribution in [1.82, 2.24) is 5.32 Å². The van der Waals surface area contributed by atoms with Gasteiger partial charge in [-0.15, -0.1) is 0 Å². The van der Waals surface area contributed by atoms with Gasteiger partial charge >= 0.3 is 0 Å². The quantitative estimate of drug-likeness (QED) is 0.563. The van der Waals surface area contributed by atoms with E-state index in [-0.39, 0.29) is 18.6 Å². The Bertz CT molecular complexity index is 136. The van der Waals surface area contributed by atoms with Crippen molar-refractivity contribution in [3.63, 3.8) is 0 Å². The molecule has 4 heteroatoms. The van der Waals surface area contributed by atoms with Crippen LogP contribution in [0.1, 0.15) is 26.7 Å². The molecule has 0 heterocycles. The molecule has 0 aromatic heterocycles. The van der Waals surface area contributed by atoms with E-state index in [0.29, 0.717) is 13.2 Å². The summed E-state index contributed by atoms with van der Waals surface area (Å²) < 4.78 is 5.08. The Balaban J connectivity index is 3.48. The van der Waals surface area contributed by atoms with Crippen molar-refractivity contribution >= 4 is 5.91 Å². The lowest BCUT2D eigenvalue weighted by molar-refractivity contribution is -0.126. The SMILES string of the molecule is CCCOCC(=O)NC(CC)CN. The molecule has 0 fully saturated rings. The van der Waals surface area contributed by atoms with Gasteiger partial charge in [-0.2, -0.15) is 0 Å². The van der Waals surface area contributed by atoms with Crippen LogP contribution >= 0.6 is 0 Å². The van der Waals surface area contributed by atoms with Crippen molar-refractivity contribution in [3.05, 3.63) is 0 Å². The lowest BCUT2D eigenvalue weighted by Crippen LogP contribution is -2.41. The maximum atomic E-state index is 11.2. The highest BCUT2D eigenvalue weighted by molar-refractivity contribution is 5.77. The summed E-state index contributed by atoms with van der Waals surface area (Å²) in [7, 11) is 0. The molecular formula is C9H20N2O2. The number of rotatable bonds is 7. The second-order valence-electron chi connectivity index (χ2n) is 2.96. The number of hydrogen-bond acceptors (Lipinski definition) is 3. The second kappa shape index (κ2) is 8.01. The Hall–Kier alpha value is -0.610. The Kier molecular flexibility index (Phi) is 7.63. The summed E-state index contributed by atoms with van der Waals surface area (Å²) in [6.07, 6.45) is 1.79. The van der Waals surface area contributed by atoms with Gasteiger partial charge in [0, 0.05) is 19.2 Å². The van der Waals surface area contributed by atoms with E-state index in [1.165, 1.54) is 0 Å². The molecule has 0 aliphatic heterocycles. The number of nitrogens with one attached hydrogen (secondary N) is 1. The first kappa shape index (κ1) is 12.4. The smallest absolute Gasteiger partial charge is 0.246 e. The van der Waals surface area contributed by atoms with Crippen LogP contribution in [0.15, 0.2) is 0 Å². The van der Waals surface area contributed by atoms with E-state index < -0.39 is 0 Å². The van der Waals surface area contributed by atoms with Crippen LogP contribution < -0.4 is 11.1 Å². The van der Waals surface area contributed by atoms with E-state index in [1.807, 2.05) is 13.8 Å². The van der Waals surface area contributed by atoms with Gasteiger partial charge in [0.2, 0.25) is 5.91 Å². The Morgan fingerprint density at radius 3 is 2.69 bits per heavy atom. The zero-order valence-electron chi connectivity index (χ0n) is 8.51. The minimum atomic E-state index is -0.0780. The molecule has 3 N–H and O–H groups in total. The fourth-order valence-electron chi connectivity index (χ4n) is 0.906. The topological polar surface area (TPSA) is 64.3 Å². The molecule has 0 aliphatic carbocycles. The third-order valence-electron chi connectivity index (χ3n) is 1.72. The standard InChI is InChI=1S/C9H20N2O2/c1-3-5-13-7-9(12)11-8(4-2)6-10/h8H,3-7,10H2,1-2H3,(H,11,12). The molecule has 0 aromatic rings. The van der Waals surface area contributed by atoms with Crippen LogP contribution in [-0.4, -0.2) is 31.7 Å². The van der Waals surface area contributed by atoms with Gasteiger partial charge in [-0.3, -0.25) is 4.79 Å². The monoisotopic (exact) mass is 188 g/mol. The molecule has 1 unspecified atom stereocenters. The van der Waals surface area contributed by atoms with Crippen LogP contribution in [-0.2, 0) is 9.53 Å². The van der Waals surface area contributed by atoms with Crippen LogP contribution in [0, 0.1) is 0 Å². The summed E-state index contributed by atoms with van der Waals surface area (Å²) >= 11 is 0. The van der Waals surface area contributed by atoms with Gasteiger partial charge in [0.1, 0.15) is 6.61 Å². The van der Waals surface area contributed by atoms with Crippen molar-refractivity contribution in [2.75, 3.05) is 19.8 Å². The Labute approximate surface area is 79.8 Å². The first-order valence-electron chi connectivity index (χ1n) is 4.81. The van der Waals surface area contributed by atoms with Crippen LogP contribution in [0.25, 0.3) is 0 Å². The van der Waals surface area contributed by atoms with E-state index in [0.717, 1.165) is 12.8 Å². The molecule has 1 amide bonds. The first-order valence-corrected chi connectivity index (χ1v) is 4.81. The van der Waals surface area contributed by atoms with Crippen LogP contribution in [0.4, 0.5) is 0 Å². The lowest BCUT2D eigenvalue weighted by atomic mass is 10.2. The fraction of sp³-hybridized carbons (Fsp3) is 0.889. The maximum Gasteiger partial charge on any atom is 0.246 e. The normalized spacial score (nSPS) is 12.5. The summed E-state index contributed by atoms with van der Waals surface area (Å²) in [5.41, 5.74) is 5.43. The molecule has 0 saturated heterocycles. The maximum absolute atomic E-state index is 11.2. The minimum Gasteiger partial charge on any atom is -0.372 e. The molecule has 4 nitrogen and oxygen atoms in total. The van der Waals surface area contributed by atoms with Crippen LogP contribution in [0.3, 0.4) is 0 Å². The van der Waals surface area contributed by atoms with Crippen molar-refractivity contribution in [2.45, 2.75) is 32.7 Å². The van der Waals surface area contributed by atoms with Gasteiger partial charge in [-0.1, -0.05) is 13.8 Å². The van der Waals surface area contributed by atoms with Crippen molar-refractivity contribution in [2.24, 2.45) is 5.73 Å². The third kappa shape index (κ3) is 6.54. The predicted molar refractivity (Wildman–Crippen MR) is 52.4 cm³/mol. The summed E-state index contributed by atoms with van der Waals surface area (Å²) in [6, 6.07) is 0.0812. The van der Waals surface area contributed by atoms with Gasteiger partial charge in [-0.25, -0.2) is 0 Å². The second-order valence-corrected chi connectivity index (χ2v) is 2.96. The van der Waals surface area contributed by atoms with E-state index in [2.05, 4.69) is 5.32 Å². The zero-order chi connectivity index (χ0) is 10.1. The van der Waals surface area contributed by atoms with Gasteiger partial charge in [-0.05, 0) is 12.8 Å². The lowest BCUT2D eigenvalue weighted by Gasteiger charge is -2.14.